The maximum absolute atomic E-state index is 13.2. The molecular weight excluding hydrogens is 508 g/mol. The molecule has 1 unspecified atom stereocenters. The molecule has 0 spiro atoms. The van der Waals surface area contributed by atoms with Gasteiger partial charge in [0.05, 0.1) is 31.8 Å². The lowest BCUT2D eigenvalue weighted by Crippen LogP contribution is -2.45. The Hall–Kier alpha value is -4.36. The fourth-order valence-electron chi connectivity index (χ4n) is 4.03. The van der Waals surface area contributed by atoms with Gasteiger partial charge in [-0.1, -0.05) is 17.3 Å². The number of carbonyl (C=O) groups excluding carboxylic acids is 3. The minimum Gasteiger partial charge on any atom is -0.491 e. The number of imide groups is 1. The Balaban J connectivity index is 1.18. The SMILES string of the molecule is CC(=O)Nc1cccc(OCCOCCOCCNc2cccc3nnn(C4CCC(=O)NC4=O)c(=O)c23)c1. The first kappa shape index (κ1) is 27.7. The predicted molar refractivity (Wildman–Crippen MR) is 142 cm³/mol. The van der Waals surface area contributed by atoms with Crippen molar-refractivity contribution in [3.63, 3.8) is 0 Å². The van der Waals surface area contributed by atoms with Crippen LogP contribution in [-0.2, 0) is 23.9 Å². The second kappa shape index (κ2) is 13.4. The van der Waals surface area contributed by atoms with Gasteiger partial charge in [-0.25, -0.2) is 0 Å². The number of rotatable bonds is 13. The zero-order chi connectivity index (χ0) is 27.6. The summed E-state index contributed by atoms with van der Waals surface area (Å²) in [5, 5.41) is 16.4. The van der Waals surface area contributed by atoms with Gasteiger partial charge in [-0.05, 0) is 30.7 Å². The summed E-state index contributed by atoms with van der Waals surface area (Å²) in [6, 6.07) is 11.4. The molecule has 1 saturated heterocycles. The number of nitrogens with zero attached hydrogens (tertiary/aromatic N) is 3. The highest BCUT2D eigenvalue weighted by atomic mass is 16.5. The molecule has 13 nitrogen and oxygen atoms in total. The Morgan fingerprint density at radius 3 is 2.62 bits per heavy atom. The molecule has 3 amide bonds. The van der Waals surface area contributed by atoms with E-state index in [4.69, 9.17) is 14.2 Å². The average Bonchev–Trinajstić information content (AvgIpc) is 2.90. The summed E-state index contributed by atoms with van der Waals surface area (Å²) in [5.41, 5.74) is 1.15. The monoisotopic (exact) mass is 538 g/mol. The lowest BCUT2D eigenvalue weighted by atomic mass is 10.1. The van der Waals surface area contributed by atoms with Crippen LogP contribution in [0.5, 0.6) is 5.75 Å². The van der Waals surface area contributed by atoms with Crippen molar-refractivity contribution in [2.24, 2.45) is 0 Å². The van der Waals surface area contributed by atoms with Crippen molar-refractivity contribution in [1.29, 1.82) is 0 Å². The van der Waals surface area contributed by atoms with E-state index in [1.54, 1.807) is 42.5 Å². The van der Waals surface area contributed by atoms with Gasteiger partial charge >= 0.3 is 0 Å². The molecule has 3 aromatic rings. The minimum atomic E-state index is -0.886. The van der Waals surface area contributed by atoms with E-state index in [0.717, 1.165) is 4.68 Å². The van der Waals surface area contributed by atoms with Crippen LogP contribution >= 0.6 is 0 Å². The van der Waals surface area contributed by atoms with Crippen molar-refractivity contribution in [3.05, 3.63) is 52.8 Å². The number of anilines is 2. The number of ether oxygens (including phenoxy) is 3. The molecular formula is C26H30N6O7. The number of hydrogen-bond donors (Lipinski definition) is 3. The maximum atomic E-state index is 13.2. The molecule has 0 radical (unpaired) electrons. The maximum Gasteiger partial charge on any atom is 0.280 e. The number of benzene rings is 2. The highest BCUT2D eigenvalue weighted by Gasteiger charge is 2.30. The summed E-state index contributed by atoms with van der Waals surface area (Å²) in [4.78, 5) is 48.0. The first-order chi connectivity index (χ1) is 18.9. The van der Waals surface area contributed by atoms with Crippen molar-refractivity contribution >= 4 is 40.0 Å². The topological polar surface area (TPSA) is 163 Å². The Bertz CT molecular complexity index is 1390. The van der Waals surface area contributed by atoms with Gasteiger partial charge < -0.3 is 24.8 Å². The van der Waals surface area contributed by atoms with E-state index in [1.165, 1.54) is 6.92 Å². The minimum absolute atomic E-state index is 0.129. The summed E-state index contributed by atoms with van der Waals surface area (Å²) < 4.78 is 17.8. The number of piperidine rings is 1. The van der Waals surface area contributed by atoms with E-state index >= 15 is 0 Å². The third kappa shape index (κ3) is 7.58. The molecule has 1 fully saturated rings. The summed E-state index contributed by atoms with van der Waals surface area (Å²) in [7, 11) is 0. The van der Waals surface area contributed by atoms with Gasteiger partial charge in [0.1, 0.15) is 23.9 Å². The second-order valence-electron chi connectivity index (χ2n) is 8.71. The van der Waals surface area contributed by atoms with Crippen LogP contribution in [0, 0.1) is 0 Å². The van der Waals surface area contributed by atoms with Gasteiger partial charge in [0.15, 0.2) is 0 Å². The Kier molecular flexibility index (Phi) is 9.53. The first-order valence-corrected chi connectivity index (χ1v) is 12.5. The smallest absolute Gasteiger partial charge is 0.280 e. The van der Waals surface area contributed by atoms with Crippen LogP contribution < -0.4 is 26.2 Å². The van der Waals surface area contributed by atoms with Crippen LogP contribution in [-0.4, -0.2) is 72.3 Å². The number of carbonyl (C=O) groups is 3. The van der Waals surface area contributed by atoms with Crippen LogP contribution in [0.4, 0.5) is 11.4 Å². The van der Waals surface area contributed by atoms with Crippen LogP contribution in [0.15, 0.2) is 47.3 Å². The van der Waals surface area contributed by atoms with Crippen LogP contribution in [0.3, 0.4) is 0 Å². The van der Waals surface area contributed by atoms with Crippen molar-refractivity contribution in [3.8, 4) is 5.75 Å². The fourth-order valence-corrected chi connectivity index (χ4v) is 4.03. The Morgan fingerprint density at radius 2 is 1.82 bits per heavy atom. The molecule has 4 rings (SSSR count). The average molecular weight is 539 g/mol. The Morgan fingerprint density at radius 1 is 1.05 bits per heavy atom. The highest BCUT2D eigenvalue weighted by molar-refractivity contribution is 5.99. The third-order valence-corrected chi connectivity index (χ3v) is 5.80. The van der Waals surface area contributed by atoms with Gasteiger partial charge in [0.2, 0.25) is 11.8 Å². The molecule has 1 aliphatic heterocycles. The standard InChI is InChI=1S/C26H30N6O7/c1-17(33)28-18-4-2-5-19(16-18)39-15-14-38-13-12-37-11-10-27-20-6-3-7-21-24(20)26(36)32(31-30-21)22-8-9-23(34)29-25(22)35/h2-7,16,22,27H,8-15H2,1H3,(H,28,33)(H,29,34,35). The van der Waals surface area contributed by atoms with E-state index < -0.39 is 17.5 Å². The number of nitrogens with one attached hydrogen (secondary N) is 3. The van der Waals surface area contributed by atoms with E-state index in [-0.39, 0.29) is 24.7 Å². The van der Waals surface area contributed by atoms with Crippen molar-refractivity contribution in [2.45, 2.75) is 25.8 Å². The van der Waals surface area contributed by atoms with Gasteiger partial charge in [-0.15, -0.1) is 5.10 Å². The normalized spacial score (nSPS) is 15.2. The quantitative estimate of drug-likeness (QED) is 0.213. The van der Waals surface area contributed by atoms with E-state index in [9.17, 15) is 19.2 Å². The van der Waals surface area contributed by atoms with Crippen molar-refractivity contribution < 1.29 is 28.6 Å². The summed E-state index contributed by atoms with van der Waals surface area (Å²) in [6.45, 7) is 3.73. The number of hydrogen-bond acceptors (Lipinski definition) is 10. The molecule has 206 valence electrons. The van der Waals surface area contributed by atoms with Gasteiger partial charge in [-0.3, -0.25) is 24.5 Å². The second-order valence-corrected chi connectivity index (χ2v) is 8.71. The molecule has 1 aliphatic rings. The first-order valence-electron chi connectivity index (χ1n) is 12.5. The molecule has 39 heavy (non-hydrogen) atoms. The molecule has 2 aromatic carbocycles. The van der Waals surface area contributed by atoms with E-state index in [2.05, 4.69) is 26.3 Å². The van der Waals surface area contributed by atoms with Gasteiger partial charge in [0.25, 0.3) is 11.5 Å². The van der Waals surface area contributed by atoms with Gasteiger partial charge in [0, 0.05) is 37.3 Å². The third-order valence-electron chi connectivity index (χ3n) is 5.80. The number of amides is 3. The lowest BCUT2D eigenvalue weighted by molar-refractivity contribution is -0.136. The highest BCUT2D eigenvalue weighted by Crippen LogP contribution is 2.21. The molecule has 3 N–H and O–H groups in total. The fraction of sp³-hybridized carbons (Fsp3) is 0.385. The predicted octanol–water partition coefficient (Wildman–Crippen LogP) is 1.25. The van der Waals surface area contributed by atoms with E-state index in [1.807, 2.05) is 0 Å². The molecule has 0 saturated carbocycles. The molecule has 0 aliphatic carbocycles. The summed E-state index contributed by atoms with van der Waals surface area (Å²) in [5.74, 6) is -0.448. The largest absolute Gasteiger partial charge is 0.491 e. The lowest BCUT2D eigenvalue weighted by Gasteiger charge is -2.21. The van der Waals surface area contributed by atoms with Crippen molar-refractivity contribution in [1.82, 2.24) is 20.3 Å². The summed E-state index contributed by atoms with van der Waals surface area (Å²) in [6.07, 6.45) is 0.318. The zero-order valence-electron chi connectivity index (χ0n) is 21.5. The van der Waals surface area contributed by atoms with Crippen molar-refractivity contribution in [2.75, 3.05) is 50.2 Å². The Labute approximate surface area is 223 Å². The number of fused-ring (bicyclic) bond motifs is 1. The van der Waals surface area contributed by atoms with Crippen LogP contribution in [0.25, 0.3) is 10.9 Å². The number of aromatic nitrogens is 3. The van der Waals surface area contributed by atoms with Crippen LogP contribution in [0.1, 0.15) is 25.8 Å². The molecule has 0 bridgehead atoms. The zero-order valence-corrected chi connectivity index (χ0v) is 21.5. The molecule has 1 aromatic heterocycles. The molecule has 13 heteroatoms. The van der Waals surface area contributed by atoms with Gasteiger partial charge in [-0.2, -0.15) is 4.68 Å². The van der Waals surface area contributed by atoms with E-state index in [0.29, 0.717) is 67.6 Å². The van der Waals surface area contributed by atoms with Crippen LogP contribution in [0.2, 0.25) is 0 Å². The molecule has 1 atom stereocenters. The molecule has 2 heterocycles. The summed E-state index contributed by atoms with van der Waals surface area (Å²) >= 11 is 0.